The lowest BCUT2D eigenvalue weighted by Crippen LogP contribution is -2.16. The molecular weight excluding hydrogens is 294 g/mol. The number of nitrogens with zero attached hydrogens (tertiary/aromatic N) is 2. The molecule has 0 fully saturated rings. The van der Waals surface area contributed by atoms with Crippen molar-refractivity contribution in [3.05, 3.63) is 47.3 Å². The Morgan fingerprint density at radius 2 is 1.62 bits per heavy atom. The van der Waals surface area contributed by atoms with Crippen molar-refractivity contribution in [2.24, 2.45) is 0 Å². The summed E-state index contributed by atoms with van der Waals surface area (Å²) in [6.45, 7) is 3.46. The fourth-order valence-electron chi connectivity index (χ4n) is 1.73. The quantitative estimate of drug-likeness (QED) is 0.887. The number of nitrogens with one attached hydrogen (secondary N) is 1. The molecule has 1 heterocycles. The van der Waals surface area contributed by atoms with Crippen molar-refractivity contribution in [1.82, 2.24) is 9.97 Å². The summed E-state index contributed by atoms with van der Waals surface area (Å²) in [5.41, 5.74) is 1.29. The van der Waals surface area contributed by atoms with Crippen molar-refractivity contribution in [3.63, 3.8) is 0 Å². The summed E-state index contributed by atoms with van der Waals surface area (Å²) < 4.78 is 26.6. The van der Waals surface area contributed by atoms with Gasteiger partial charge in [-0.05, 0) is 44.2 Å². The van der Waals surface area contributed by atoms with E-state index in [0.717, 1.165) is 0 Å². The van der Waals surface area contributed by atoms with Crippen LogP contribution in [0.1, 0.15) is 21.7 Å². The van der Waals surface area contributed by atoms with Crippen LogP contribution in [-0.4, -0.2) is 29.5 Å². The highest BCUT2D eigenvalue weighted by Gasteiger charge is 2.16. The summed E-state index contributed by atoms with van der Waals surface area (Å²) in [5, 5.41) is 8.79. The molecule has 1 aromatic carbocycles. The number of benzene rings is 1. The van der Waals surface area contributed by atoms with Gasteiger partial charge in [-0.15, -0.1) is 0 Å². The van der Waals surface area contributed by atoms with Crippen LogP contribution in [0.4, 0.5) is 5.95 Å². The number of aromatic carboxylic acids is 1. The van der Waals surface area contributed by atoms with E-state index < -0.39 is 16.0 Å². The van der Waals surface area contributed by atoms with Crippen molar-refractivity contribution in [2.45, 2.75) is 18.7 Å². The molecule has 2 N–H and O–H groups in total. The number of sulfonamides is 1. The normalized spacial score (nSPS) is 11.1. The summed E-state index contributed by atoms with van der Waals surface area (Å²) in [6, 6.07) is 6.60. The molecule has 0 saturated heterocycles. The van der Waals surface area contributed by atoms with Crippen LogP contribution in [0, 0.1) is 13.8 Å². The predicted molar refractivity (Wildman–Crippen MR) is 75.7 cm³/mol. The molecule has 1 aromatic heterocycles. The Morgan fingerprint density at radius 3 is 2.10 bits per heavy atom. The Hall–Kier alpha value is -2.48. The van der Waals surface area contributed by atoms with Crippen molar-refractivity contribution in [1.29, 1.82) is 0 Å². The third kappa shape index (κ3) is 3.54. The number of hydrogen-bond acceptors (Lipinski definition) is 5. The number of aromatic nitrogens is 2. The zero-order valence-corrected chi connectivity index (χ0v) is 12.2. The van der Waals surface area contributed by atoms with Gasteiger partial charge in [0.2, 0.25) is 5.95 Å². The van der Waals surface area contributed by atoms with Crippen LogP contribution in [0.5, 0.6) is 0 Å². The van der Waals surface area contributed by atoms with Gasteiger partial charge in [-0.3, -0.25) is 0 Å². The fourth-order valence-corrected chi connectivity index (χ4v) is 2.67. The number of hydrogen-bond donors (Lipinski definition) is 2. The van der Waals surface area contributed by atoms with E-state index in [1.54, 1.807) is 19.9 Å². The summed E-state index contributed by atoms with van der Waals surface area (Å²) in [5.74, 6) is -1.14. The molecule has 0 atom stereocenters. The second kappa shape index (κ2) is 5.49. The van der Waals surface area contributed by atoms with Gasteiger partial charge < -0.3 is 5.11 Å². The SMILES string of the molecule is Cc1cc(C)nc(NS(=O)(=O)c2ccc(C(=O)O)cc2)n1. The van der Waals surface area contributed by atoms with E-state index in [1.165, 1.54) is 24.3 Å². The molecule has 0 aliphatic rings. The molecular formula is C13H13N3O4S. The number of carboxylic acid groups (broad SMARTS) is 1. The Labute approximate surface area is 121 Å². The average Bonchev–Trinajstić information content (AvgIpc) is 2.37. The van der Waals surface area contributed by atoms with Crippen LogP contribution < -0.4 is 4.72 Å². The third-order valence-corrected chi connectivity index (χ3v) is 3.96. The van der Waals surface area contributed by atoms with Crippen molar-refractivity contribution < 1.29 is 18.3 Å². The maximum atomic E-state index is 12.2. The zero-order valence-electron chi connectivity index (χ0n) is 11.4. The Morgan fingerprint density at radius 1 is 1.10 bits per heavy atom. The van der Waals surface area contributed by atoms with Gasteiger partial charge in [-0.1, -0.05) is 0 Å². The maximum Gasteiger partial charge on any atom is 0.335 e. The molecule has 2 rings (SSSR count). The highest BCUT2D eigenvalue weighted by Crippen LogP contribution is 2.15. The minimum Gasteiger partial charge on any atom is -0.478 e. The van der Waals surface area contributed by atoms with E-state index in [2.05, 4.69) is 14.7 Å². The minimum absolute atomic E-state index is 0.0107. The van der Waals surface area contributed by atoms with E-state index >= 15 is 0 Å². The number of carboxylic acids is 1. The van der Waals surface area contributed by atoms with Gasteiger partial charge in [0, 0.05) is 11.4 Å². The Bertz CT molecular complexity index is 765. The average molecular weight is 307 g/mol. The van der Waals surface area contributed by atoms with Crippen LogP contribution in [0.2, 0.25) is 0 Å². The predicted octanol–water partition coefficient (Wildman–Crippen LogP) is 1.59. The van der Waals surface area contributed by atoms with Gasteiger partial charge >= 0.3 is 5.97 Å². The van der Waals surface area contributed by atoms with Gasteiger partial charge in [0.05, 0.1) is 10.5 Å². The molecule has 0 aliphatic heterocycles. The van der Waals surface area contributed by atoms with E-state index in [1.807, 2.05) is 0 Å². The molecule has 0 saturated carbocycles. The van der Waals surface area contributed by atoms with Crippen molar-refractivity contribution >= 4 is 21.9 Å². The standard InChI is InChI=1S/C13H13N3O4S/c1-8-7-9(2)15-13(14-8)16-21(19,20)11-5-3-10(4-6-11)12(17)18/h3-7H,1-2H3,(H,17,18)(H,14,15,16). The topological polar surface area (TPSA) is 109 Å². The molecule has 0 bridgehead atoms. The van der Waals surface area contributed by atoms with Crippen LogP contribution in [0.3, 0.4) is 0 Å². The molecule has 21 heavy (non-hydrogen) atoms. The van der Waals surface area contributed by atoms with Gasteiger partial charge in [0.25, 0.3) is 10.0 Å². The highest BCUT2D eigenvalue weighted by molar-refractivity contribution is 7.92. The molecule has 0 spiro atoms. The largest absolute Gasteiger partial charge is 0.478 e. The van der Waals surface area contributed by atoms with Gasteiger partial charge in [0.15, 0.2) is 0 Å². The lowest BCUT2D eigenvalue weighted by molar-refractivity contribution is 0.0696. The molecule has 110 valence electrons. The van der Waals surface area contributed by atoms with Gasteiger partial charge in [-0.2, -0.15) is 0 Å². The smallest absolute Gasteiger partial charge is 0.335 e. The van der Waals surface area contributed by atoms with Crippen molar-refractivity contribution in [2.75, 3.05) is 4.72 Å². The maximum absolute atomic E-state index is 12.2. The Balaban J connectivity index is 2.31. The zero-order chi connectivity index (χ0) is 15.6. The number of carbonyl (C=O) groups is 1. The molecule has 0 amide bonds. The first-order valence-corrected chi connectivity index (χ1v) is 7.45. The van der Waals surface area contributed by atoms with E-state index in [-0.39, 0.29) is 16.4 Å². The van der Waals surface area contributed by atoms with Crippen LogP contribution in [0.25, 0.3) is 0 Å². The summed E-state index contributed by atoms with van der Waals surface area (Å²) >= 11 is 0. The molecule has 7 nitrogen and oxygen atoms in total. The first-order valence-electron chi connectivity index (χ1n) is 5.96. The number of rotatable bonds is 4. The van der Waals surface area contributed by atoms with Crippen LogP contribution in [-0.2, 0) is 10.0 Å². The number of aryl methyl sites for hydroxylation is 2. The highest BCUT2D eigenvalue weighted by atomic mass is 32.2. The third-order valence-electron chi connectivity index (χ3n) is 2.62. The fraction of sp³-hybridized carbons (Fsp3) is 0.154. The monoisotopic (exact) mass is 307 g/mol. The molecule has 0 aliphatic carbocycles. The van der Waals surface area contributed by atoms with Gasteiger partial charge in [-0.25, -0.2) is 27.9 Å². The molecule has 2 aromatic rings. The summed E-state index contributed by atoms with van der Waals surface area (Å²) in [6.07, 6.45) is 0. The van der Waals surface area contributed by atoms with E-state index in [9.17, 15) is 13.2 Å². The van der Waals surface area contributed by atoms with Crippen molar-refractivity contribution in [3.8, 4) is 0 Å². The second-order valence-corrected chi connectivity index (χ2v) is 6.09. The second-order valence-electron chi connectivity index (χ2n) is 4.41. The first-order chi connectivity index (χ1) is 9.78. The van der Waals surface area contributed by atoms with Crippen LogP contribution >= 0.6 is 0 Å². The van der Waals surface area contributed by atoms with Gasteiger partial charge in [0.1, 0.15) is 0 Å². The first kappa shape index (κ1) is 14.9. The summed E-state index contributed by atoms with van der Waals surface area (Å²) in [4.78, 5) is 18.7. The van der Waals surface area contributed by atoms with Crippen LogP contribution in [0.15, 0.2) is 35.2 Å². The lowest BCUT2D eigenvalue weighted by Gasteiger charge is -2.08. The van der Waals surface area contributed by atoms with E-state index in [4.69, 9.17) is 5.11 Å². The lowest BCUT2D eigenvalue weighted by atomic mass is 10.2. The molecule has 8 heteroatoms. The minimum atomic E-state index is -3.86. The van der Waals surface area contributed by atoms with E-state index in [0.29, 0.717) is 11.4 Å². The summed E-state index contributed by atoms with van der Waals surface area (Å²) in [7, 11) is -3.86. The molecule has 0 unspecified atom stereocenters. The Kier molecular flexibility index (Phi) is 3.90. The number of anilines is 1. The molecule has 0 radical (unpaired) electrons.